The molecule has 0 aliphatic carbocycles. The number of hydrogen-bond donors (Lipinski definition) is 0. The molecule has 0 saturated carbocycles. The van der Waals surface area contributed by atoms with Crippen molar-refractivity contribution < 1.29 is 22.7 Å². The molecular weight excluding hydrogens is 485 g/mol. The normalized spacial score (nSPS) is 18.6. The fraction of sp³-hybridized carbons (Fsp3) is 0.308. The maximum absolute atomic E-state index is 14.0. The highest BCUT2D eigenvalue weighted by Gasteiger charge is 2.44. The van der Waals surface area contributed by atoms with Gasteiger partial charge in [0.05, 0.1) is 30.2 Å². The van der Waals surface area contributed by atoms with E-state index >= 15 is 0 Å². The molecular formula is C26H23F3N6O2. The van der Waals surface area contributed by atoms with Crippen LogP contribution in [0.4, 0.5) is 13.2 Å². The molecule has 0 N–H and O–H groups in total. The molecule has 6 rings (SSSR count). The van der Waals surface area contributed by atoms with E-state index in [1.807, 2.05) is 18.2 Å². The van der Waals surface area contributed by atoms with Crippen LogP contribution in [0.2, 0.25) is 0 Å². The molecule has 190 valence electrons. The van der Waals surface area contributed by atoms with Gasteiger partial charge in [-0.25, -0.2) is 22.8 Å². The monoisotopic (exact) mass is 508 g/mol. The second kappa shape index (κ2) is 8.75. The van der Waals surface area contributed by atoms with Crippen LogP contribution in [-0.2, 0) is 13.5 Å². The van der Waals surface area contributed by atoms with E-state index in [0.29, 0.717) is 35.7 Å². The van der Waals surface area contributed by atoms with Crippen LogP contribution in [0, 0.1) is 17.5 Å². The SMILES string of the molecule is COc1cccc(-n2cnc(C(=O)N3C4CCCC3c3nn(C)c(-c5cc(F)c(F)c(F)c5)c3C4)n2)c1. The summed E-state index contributed by atoms with van der Waals surface area (Å²) in [5, 5.41) is 9.08. The van der Waals surface area contributed by atoms with E-state index in [4.69, 9.17) is 4.74 Å². The highest BCUT2D eigenvalue weighted by molar-refractivity contribution is 5.91. The summed E-state index contributed by atoms with van der Waals surface area (Å²) in [6, 6.07) is 8.76. The van der Waals surface area contributed by atoms with Crippen molar-refractivity contribution in [1.82, 2.24) is 29.4 Å². The van der Waals surface area contributed by atoms with E-state index in [1.165, 1.54) is 11.0 Å². The number of hydrogen-bond acceptors (Lipinski definition) is 5. The van der Waals surface area contributed by atoms with E-state index < -0.39 is 17.5 Å². The van der Waals surface area contributed by atoms with Gasteiger partial charge in [0.25, 0.3) is 5.91 Å². The van der Waals surface area contributed by atoms with E-state index in [0.717, 1.165) is 30.5 Å². The molecule has 2 aliphatic heterocycles. The second-order valence-electron chi connectivity index (χ2n) is 9.32. The topological polar surface area (TPSA) is 78.1 Å². The summed E-state index contributed by atoms with van der Waals surface area (Å²) in [4.78, 5) is 19.7. The lowest BCUT2D eigenvalue weighted by atomic mass is 9.81. The third kappa shape index (κ3) is 3.76. The first-order chi connectivity index (χ1) is 17.9. The number of benzene rings is 2. The van der Waals surface area contributed by atoms with Crippen LogP contribution in [0.25, 0.3) is 16.9 Å². The largest absolute Gasteiger partial charge is 0.497 e. The van der Waals surface area contributed by atoms with Gasteiger partial charge in [-0.15, -0.1) is 5.10 Å². The lowest BCUT2D eigenvalue weighted by Gasteiger charge is -2.44. The fourth-order valence-corrected chi connectivity index (χ4v) is 5.56. The Balaban J connectivity index is 1.35. The minimum Gasteiger partial charge on any atom is -0.497 e. The van der Waals surface area contributed by atoms with Crippen molar-refractivity contribution in [3.8, 4) is 22.7 Å². The Labute approximate surface area is 210 Å². The molecule has 2 aliphatic rings. The second-order valence-corrected chi connectivity index (χ2v) is 9.32. The average molecular weight is 509 g/mol. The third-order valence-corrected chi connectivity index (χ3v) is 7.17. The molecule has 0 radical (unpaired) electrons. The van der Waals surface area contributed by atoms with Crippen LogP contribution in [0.5, 0.6) is 5.75 Å². The number of fused-ring (bicyclic) bond motifs is 4. The van der Waals surface area contributed by atoms with Gasteiger partial charge in [0.2, 0.25) is 5.82 Å². The highest BCUT2D eigenvalue weighted by Crippen LogP contribution is 2.45. The number of carbonyl (C=O) groups is 1. The first-order valence-electron chi connectivity index (χ1n) is 11.9. The van der Waals surface area contributed by atoms with Gasteiger partial charge >= 0.3 is 0 Å². The number of aryl methyl sites for hydroxylation is 1. The summed E-state index contributed by atoms with van der Waals surface area (Å²) >= 11 is 0. The van der Waals surface area contributed by atoms with Crippen LogP contribution in [0.1, 0.15) is 47.2 Å². The van der Waals surface area contributed by atoms with Gasteiger partial charge in [0.1, 0.15) is 12.1 Å². The lowest BCUT2D eigenvalue weighted by Crippen LogP contribution is -2.50. The number of ether oxygens (including phenoxy) is 1. The van der Waals surface area contributed by atoms with Crippen LogP contribution in [0.3, 0.4) is 0 Å². The summed E-state index contributed by atoms with van der Waals surface area (Å²) in [6.45, 7) is 0. The Bertz CT molecular complexity index is 1510. The zero-order chi connectivity index (χ0) is 25.8. The Hall–Kier alpha value is -4.15. The molecule has 2 atom stereocenters. The molecule has 1 fully saturated rings. The van der Waals surface area contributed by atoms with E-state index in [2.05, 4.69) is 15.2 Å². The Morgan fingerprint density at radius 1 is 1.08 bits per heavy atom. The van der Waals surface area contributed by atoms with Crippen molar-refractivity contribution in [3.05, 3.63) is 77.3 Å². The Kier molecular flexibility index (Phi) is 5.50. The predicted molar refractivity (Wildman–Crippen MR) is 127 cm³/mol. The fourth-order valence-electron chi connectivity index (χ4n) is 5.56. The van der Waals surface area contributed by atoms with Crippen molar-refractivity contribution in [2.24, 2.45) is 7.05 Å². The maximum atomic E-state index is 14.0. The molecule has 8 nitrogen and oxygen atoms in total. The zero-order valence-electron chi connectivity index (χ0n) is 20.2. The van der Waals surface area contributed by atoms with E-state index in [9.17, 15) is 18.0 Å². The number of rotatable bonds is 4. The molecule has 2 bridgehead atoms. The Morgan fingerprint density at radius 3 is 2.62 bits per heavy atom. The van der Waals surface area contributed by atoms with Crippen LogP contribution >= 0.6 is 0 Å². The van der Waals surface area contributed by atoms with Crippen LogP contribution in [0.15, 0.2) is 42.7 Å². The maximum Gasteiger partial charge on any atom is 0.294 e. The quantitative estimate of drug-likeness (QED) is 0.382. The molecule has 11 heteroatoms. The summed E-state index contributed by atoms with van der Waals surface area (Å²) in [5.41, 5.74) is 2.95. The summed E-state index contributed by atoms with van der Waals surface area (Å²) in [6.07, 6.45) is 4.31. The van der Waals surface area contributed by atoms with Crippen molar-refractivity contribution in [1.29, 1.82) is 0 Å². The first-order valence-corrected chi connectivity index (χ1v) is 11.9. The van der Waals surface area contributed by atoms with Gasteiger partial charge < -0.3 is 9.64 Å². The average Bonchev–Trinajstić information content (AvgIpc) is 3.51. The van der Waals surface area contributed by atoms with E-state index in [-0.39, 0.29) is 29.4 Å². The number of nitrogens with zero attached hydrogens (tertiary/aromatic N) is 6. The highest BCUT2D eigenvalue weighted by atomic mass is 19.2. The first kappa shape index (κ1) is 23.3. The summed E-state index contributed by atoms with van der Waals surface area (Å²) in [7, 11) is 3.26. The molecule has 2 aromatic carbocycles. The zero-order valence-corrected chi connectivity index (χ0v) is 20.2. The number of piperidine rings is 1. The molecule has 4 aromatic rings. The van der Waals surface area contributed by atoms with Gasteiger partial charge in [-0.2, -0.15) is 5.10 Å². The van der Waals surface area contributed by atoms with Crippen molar-refractivity contribution >= 4 is 5.91 Å². The molecule has 2 aromatic heterocycles. The van der Waals surface area contributed by atoms with Crippen molar-refractivity contribution in [2.45, 2.75) is 37.8 Å². The molecule has 4 heterocycles. The predicted octanol–water partition coefficient (Wildman–Crippen LogP) is 4.39. The number of carbonyl (C=O) groups excluding carboxylic acids is 1. The smallest absolute Gasteiger partial charge is 0.294 e. The molecule has 1 saturated heterocycles. The van der Waals surface area contributed by atoms with Gasteiger partial charge in [-0.1, -0.05) is 6.07 Å². The standard InChI is InChI=1S/C26H23F3N6O2/c1-33-24(14-9-19(27)22(29)20(28)10-14)18-12-16-6-4-8-21(23(18)31-33)35(16)26(36)25-30-13-34(32-25)15-5-3-7-17(11-15)37-2/h3,5,7,9-11,13,16,21H,4,6,8,12H2,1-2H3. The van der Waals surface area contributed by atoms with Gasteiger partial charge in [-0.05, 0) is 49.9 Å². The van der Waals surface area contributed by atoms with Gasteiger partial charge in [-0.3, -0.25) is 9.48 Å². The Morgan fingerprint density at radius 2 is 1.86 bits per heavy atom. The molecule has 2 unspecified atom stereocenters. The summed E-state index contributed by atoms with van der Waals surface area (Å²) < 4.78 is 50.0. The lowest BCUT2D eigenvalue weighted by molar-refractivity contribution is 0.0379. The number of amides is 1. The van der Waals surface area contributed by atoms with Gasteiger partial charge in [0.15, 0.2) is 17.5 Å². The number of halogens is 3. The molecule has 1 amide bonds. The van der Waals surface area contributed by atoms with Crippen molar-refractivity contribution in [2.75, 3.05) is 7.11 Å². The van der Waals surface area contributed by atoms with Gasteiger partial charge in [0, 0.05) is 30.3 Å². The van der Waals surface area contributed by atoms with Crippen LogP contribution in [-0.4, -0.2) is 48.5 Å². The number of methoxy groups -OCH3 is 1. The molecule has 0 spiro atoms. The molecule has 37 heavy (non-hydrogen) atoms. The number of aromatic nitrogens is 5. The summed E-state index contributed by atoms with van der Waals surface area (Å²) in [5.74, 6) is -3.58. The minimum atomic E-state index is -1.51. The van der Waals surface area contributed by atoms with E-state index in [1.54, 1.807) is 29.8 Å². The van der Waals surface area contributed by atoms with Crippen LogP contribution < -0.4 is 4.74 Å². The van der Waals surface area contributed by atoms with Crippen molar-refractivity contribution in [3.63, 3.8) is 0 Å². The third-order valence-electron chi connectivity index (χ3n) is 7.17. The minimum absolute atomic E-state index is 0.0713.